The summed E-state index contributed by atoms with van der Waals surface area (Å²) in [5.74, 6) is -0.00313. The molecule has 1 aromatic heterocycles. The molecule has 0 spiro atoms. The minimum atomic E-state index is -0.00313. The Morgan fingerprint density at radius 3 is 2.70 bits per heavy atom. The fraction of sp³-hybridized carbons (Fsp3) is 0.400. The summed E-state index contributed by atoms with van der Waals surface area (Å²) in [7, 11) is 0. The van der Waals surface area contributed by atoms with Crippen molar-refractivity contribution in [3.05, 3.63) is 28.1 Å². The average Bonchev–Trinajstić information content (AvgIpc) is 2.77. The van der Waals surface area contributed by atoms with E-state index in [9.17, 15) is 4.79 Å². The molecule has 0 fully saturated rings. The molecule has 0 bridgehead atoms. The van der Waals surface area contributed by atoms with Gasteiger partial charge in [-0.2, -0.15) is 0 Å². The minimum Gasteiger partial charge on any atom is -0.397 e. The molecule has 0 aliphatic rings. The second kappa shape index (κ2) is 6.02. The number of nitrogen functional groups attached to an aromatic ring is 1. The highest BCUT2D eigenvalue weighted by molar-refractivity contribution is 7.21. The first-order chi connectivity index (χ1) is 9.51. The van der Waals surface area contributed by atoms with Gasteiger partial charge in [0.05, 0.1) is 10.7 Å². The van der Waals surface area contributed by atoms with Crippen LogP contribution < -0.4 is 5.73 Å². The number of benzene rings is 1. The molecule has 1 heterocycles. The molecule has 0 saturated heterocycles. The smallest absolute Gasteiger partial charge is 0.266 e. The number of anilines is 1. The SMILES string of the molecule is CCC(C)N(CC)C(=O)c1sc2cccc(Cl)c2c1N. The number of thiophene rings is 1. The number of amides is 1. The molecule has 0 aliphatic heterocycles. The average molecular weight is 311 g/mol. The topological polar surface area (TPSA) is 46.3 Å². The van der Waals surface area contributed by atoms with Crippen molar-refractivity contribution in [3.8, 4) is 0 Å². The normalized spacial score (nSPS) is 12.6. The van der Waals surface area contributed by atoms with Gasteiger partial charge < -0.3 is 10.6 Å². The highest BCUT2D eigenvalue weighted by atomic mass is 35.5. The van der Waals surface area contributed by atoms with Gasteiger partial charge in [0, 0.05) is 22.7 Å². The van der Waals surface area contributed by atoms with Gasteiger partial charge in [-0.05, 0) is 32.4 Å². The van der Waals surface area contributed by atoms with Crippen molar-refractivity contribution in [1.82, 2.24) is 4.90 Å². The van der Waals surface area contributed by atoms with Crippen LogP contribution in [0.4, 0.5) is 5.69 Å². The Hall–Kier alpha value is -1.26. The van der Waals surface area contributed by atoms with Gasteiger partial charge in [-0.25, -0.2) is 0 Å². The van der Waals surface area contributed by atoms with Gasteiger partial charge in [0.25, 0.3) is 5.91 Å². The van der Waals surface area contributed by atoms with E-state index >= 15 is 0 Å². The molecule has 0 aliphatic carbocycles. The van der Waals surface area contributed by atoms with E-state index in [0.717, 1.165) is 16.5 Å². The van der Waals surface area contributed by atoms with Gasteiger partial charge in [0.2, 0.25) is 0 Å². The largest absolute Gasteiger partial charge is 0.397 e. The Kier molecular flexibility index (Phi) is 4.55. The minimum absolute atomic E-state index is 0.00313. The first-order valence-electron chi connectivity index (χ1n) is 6.78. The summed E-state index contributed by atoms with van der Waals surface area (Å²) >= 11 is 7.60. The van der Waals surface area contributed by atoms with Crippen molar-refractivity contribution in [2.24, 2.45) is 0 Å². The van der Waals surface area contributed by atoms with Crippen LogP contribution in [0.25, 0.3) is 10.1 Å². The lowest BCUT2D eigenvalue weighted by Crippen LogP contribution is -2.37. The van der Waals surface area contributed by atoms with E-state index in [4.69, 9.17) is 17.3 Å². The monoisotopic (exact) mass is 310 g/mol. The summed E-state index contributed by atoms with van der Waals surface area (Å²) in [4.78, 5) is 15.1. The molecule has 0 radical (unpaired) electrons. The Bertz CT molecular complexity index is 638. The predicted molar refractivity (Wildman–Crippen MR) is 87.7 cm³/mol. The first-order valence-corrected chi connectivity index (χ1v) is 7.98. The zero-order chi connectivity index (χ0) is 14.9. The van der Waals surface area contributed by atoms with Crippen LogP contribution in [0.5, 0.6) is 0 Å². The van der Waals surface area contributed by atoms with E-state index in [1.54, 1.807) is 6.07 Å². The molecule has 1 amide bonds. The van der Waals surface area contributed by atoms with E-state index in [2.05, 4.69) is 13.8 Å². The van der Waals surface area contributed by atoms with E-state index in [-0.39, 0.29) is 11.9 Å². The van der Waals surface area contributed by atoms with Crippen LogP contribution in [0.15, 0.2) is 18.2 Å². The molecule has 2 rings (SSSR count). The first kappa shape index (κ1) is 15.1. The number of carbonyl (C=O) groups excluding carboxylic acids is 1. The zero-order valence-corrected chi connectivity index (χ0v) is 13.5. The van der Waals surface area contributed by atoms with Crippen molar-refractivity contribution in [2.45, 2.75) is 33.2 Å². The third kappa shape index (κ3) is 2.50. The predicted octanol–water partition coefficient (Wildman–Crippen LogP) is 4.40. The molecular weight excluding hydrogens is 292 g/mol. The van der Waals surface area contributed by atoms with Crippen molar-refractivity contribution in [3.63, 3.8) is 0 Å². The molecule has 5 heteroatoms. The second-order valence-electron chi connectivity index (χ2n) is 4.81. The van der Waals surface area contributed by atoms with Gasteiger partial charge in [-0.15, -0.1) is 11.3 Å². The third-order valence-corrected chi connectivity index (χ3v) is 5.09. The van der Waals surface area contributed by atoms with Crippen molar-refractivity contribution >= 4 is 44.6 Å². The lowest BCUT2D eigenvalue weighted by Gasteiger charge is -2.26. The molecule has 2 N–H and O–H groups in total. The van der Waals surface area contributed by atoms with Crippen molar-refractivity contribution in [1.29, 1.82) is 0 Å². The van der Waals surface area contributed by atoms with Crippen LogP contribution in [0, 0.1) is 0 Å². The highest BCUT2D eigenvalue weighted by Gasteiger charge is 2.24. The maximum Gasteiger partial charge on any atom is 0.266 e. The van der Waals surface area contributed by atoms with Crippen molar-refractivity contribution < 1.29 is 4.79 Å². The second-order valence-corrected chi connectivity index (χ2v) is 6.27. The van der Waals surface area contributed by atoms with Crippen LogP contribution >= 0.6 is 22.9 Å². The standard InChI is InChI=1S/C15H19ClN2OS/c1-4-9(3)18(5-2)15(19)14-13(17)12-10(16)7-6-8-11(12)20-14/h6-9H,4-5,17H2,1-3H3. The maximum absolute atomic E-state index is 12.7. The fourth-order valence-electron chi connectivity index (χ4n) is 2.29. The van der Waals surface area contributed by atoms with Crippen LogP contribution in [-0.2, 0) is 0 Å². The summed E-state index contributed by atoms with van der Waals surface area (Å²) in [6, 6.07) is 5.82. The lowest BCUT2D eigenvalue weighted by molar-refractivity contribution is 0.0706. The molecular formula is C15H19ClN2OS. The maximum atomic E-state index is 12.7. The lowest BCUT2D eigenvalue weighted by atomic mass is 10.2. The van der Waals surface area contributed by atoms with E-state index in [1.807, 2.05) is 24.0 Å². The Morgan fingerprint density at radius 2 is 2.15 bits per heavy atom. The van der Waals surface area contributed by atoms with E-state index in [0.29, 0.717) is 22.1 Å². The quantitative estimate of drug-likeness (QED) is 0.910. The Balaban J connectivity index is 2.50. The Labute approximate surface area is 128 Å². The molecule has 1 unspecified atom stereocenters. The van der Waals surface area contributed by atoms with Gasteiger partial charge in [-0.3, -0.25) is 4.79 Å². The molecule has 3 nitrogen and oxygen atoms in total. The van der Waals surface area contributed by atoms with Crippen LogP contribution in [0.3, 0.4) is 0 Å². The van der Waals surface area contributed by atoms with Crippen LogP contribution in [0.1, 0.15) is 36.9 Å². The number of nitrogens with zero attached hydrogens (tertiary/aromatic N) is 1. The molecule has 1 aromatic carbocycles. The van der Waals surface area contributed by atoms with Crippen LogP contribution in [0.2, 0.25) is 5.02 Å². The molecule has 2 aromatic rings. The van der Waals surface area contributed by atoms with Gasteiger partial charge in [-0.1, -0.05) is 24.6 Å². The number of hydrogen-bond donors (Lipinski definition) is 1. The summed E-state index contributed by atoms with van der Waals surface area (Å²) in [5.41, 5.74) is 6.66. The number of nitrogens with two attached hydrogens (primary N) is 1. The number of rotatable bonds is 4. The highest BCUT2D eigenvalue weighted by Crippen LogP contribution is 2.38. The fourth-order valence-corrected chi connectivity index (χ4v) is 3.73. The van der Waals surface area contributed by atoms with E-state index < -0.39 is 0 Å². The summed E-state index contributed by atoms with van der Waals surface area (Å²) in [5, 5.41) is 1.39. The number of carbonyl (C=O) groups is 1. The third-order valence-electron chi connectivity index (χ3n) is 3.62. The molecule has 20 heavy (non-hydrogen) atoms. The summed E-state index contributed by atoms with van der Waals surface area (Å²) in [6.45, 7) is 6.79. The number of hydrogen-bond acceptors (Lipinski definition) is 3. The van der Waals surface area contributed by atoms with Crippen LogP contribution in [-0.4, -0.2) is 23.4 Å². The van der Waals surface area contributed by atoms with Gasteiger partial charge in [0.1, 0.15) is 4.88 Å². The van der Waals surface area contributed by atoms with Gasteiger partial charge >= 0.3 is 0 Å². The summed E-state index contributed by atoms with van der Waals surface area (Å²) < 4.78 is 0.957. The summed E-state index contributed by atoms with van der Waals surface area (Å²) in [6.07, 6.45) is 0.922. The zero-order valence-electron chi connectivity index (χ0n) is 11.9. The molecule has 1 atom stereocenters. The van der Waals surface area contributed by atoms with Gasteiger partial charge in [0.15, 0.2) is 0 Å². The van der Waals surface area contributed by atoms with E-state index in [1.165, 1.54) is 11.3 Å². The van der Waals surface area contributed by atoms with Crippen molar-refractivity contribution in [2.75, 3.05) is 12.3 Å². The molecule has 108 valence electrons. The Morgan fingerprint density at radius 1 is 1.45 bits per heavy atom. The molecule has 0 saturated carbocycles. The number of fused-ring (bicyclic) bond motifs is 1. The number of halogens is 1.